The van der Waals surface area contributed by atoms with Crippen molar-refractivity contribution in [2.75, 3.05) is 6.54 Å². The summed E-state index contributed by atoms with van der Waals surface area (Å²) in [6.45, 7) is 5.45. The van der Waals surface area contributed by atoms with Crippen LogP contribution in [0.15, 0.2) is 36.4 Å². The quantitative estimate of drug-likeness (QED) is 0.772. The average molecular weight is 259 g/mol. The third kappa shape index (κ3) is 4.39. The van der Waals surface area contributed by atoms with E-state index in [9.17, 15) is 0 Å². The molecule has 1 aromatic carbocycles. The predicted molar refractivity (Wildman–Crippen MR) is 80.6 cm³/mol. The minimum Gasteiger partial charge on any atom is -0.486 e. The molecule has 1 aliphatic carbocycles. The molecule has 2 atom stereocenters. The van der Waals surface area contributed by atoms with Crippen molar-refractivity contribution in [1.82, 2.24) is 5.32 Å². The van der Waals surface area contributed by atoms with Gasteiger partial charge in [-0.1, -0.05) is 25.1 Å². The molecule has 0 radical (unpaired) electrons. The number of hydrogen-bond acceptors (Lipinski definition) is 2. The molecular formula is C17H25NO. The number of rotatable bonds is 6. The van der Waals surface area contributed by atoms with Gasteiger partial charge in [0.2, 0.25) is 0 Å². The van der Waals surface area contributed by atoms with Gasteiger partial charge in [-0.3, -0.25) is 0 Å². The second kappa shape index (κ2) is 7.34. The monoisotopic (exact) mass is 259 g/mol. The summed E-state index contributed by atoms with van der Waals surface area (Å²) in [5, 5.41) is 3.50. The Morgan fingerprint density at radius 3 is 2.74 bits per heavy atom. The van der Waals surface area contributed by atoms with Crippen LogP contribution in [0, 0.1) is 0 Å². The van der Waals surface area contributed by atoms with Gasteiger partial charge in [-0.05, 0) is 62.9 Å². The van der Waals surface area contributed by atoms with Crippen LogP contribution < -0.4 is 10.1 Å². The maximum atomic E-state index is 5.96. The largest absolute Gasteiger partial charge is 0.486 e. The molecule has 0 bridgehead atoms. The molecule has 19 heavy (non-hydrogen) atoms. The zero-order valence-corrected chi connectivity index (χ0v) is 12.1. The Morgan fingerprint density at radius 1 is 1.32 bits per heavy atom. The molecule has 0 saturated carbocycles. The van der Waals surface area contributed by atoms with Crippen LogP contribution in [-0.2, 0) is 0 Å². The Labute approximate surface area is 116 Å². The third-order valence-electron chi connectivity index (χ3n) is 3.58. The molecule has 1 aliphatic rings. The van der Waals surface area contributed by atoms with Crippen LogP contribution in [0.4, 0.5) is 0 Å². The van der Waals surface area contributed by atoms with Crippen molar-refractivity contribution in [2.45, 2.75) is 51.7 Å². The van der Waals surface area contributed by atoms with Gasteiger partial charge in [-0.2, -0.15) is 0 Å². The van der Waals surface area contributed by atoms with E-state index in [1.54, 1.807) is 0 Å². The standard InChI is InChI=1S/C17H25NO/c1-3-13-18-14(2)15-9-11-17(12-10-15)19-16-7-5-4-6-8-16/h5,7,9-12,14,16,18H,3-4,6,8,13H2,1-2H3. The molecule has 1 N–H and O–H groups in total. The van der Waals surface area contributed by atoms with Crippen LogP contribution in [0.5, 0.6) is 5.75 Å². The van der Waals surface area contributed by atoms with Gasteiger partial charge in [0, 0.05) is 6.04 Å². The highest BCUT2D eigenvalue weighted by Gasteiger charge is 2.10. The number of nitrogens with one attached hydrogen (secondary N) is 1. The molecule has 104 valence electrons. The highest BCUT2D eigenvalue weighted by molar-refractivity contribution is 5.29. The second-order valence-corrected chi connectivity index (χ2v) is 5.26. The first-order valence-corrected chi connectivity index (χ1v) is 7.46. The molecular weight excluding hydrogens is 234 g/mol. The van der Waals surface area contributed by atoms with Crippen molar-refractivity contribution in [3.63, 3.8) is 0 Å². The summed E-state index contributed by atoms with van der Waals surface area (Å²) >= 11 is 0. The normalized spacial score (nSPS) is 20.2. The van der Waals surface area contributed by atoms with Crippen LogP contribution in [0.1, 0.15) is 51.1 Å². The third-order valence-corrected chi connectivity index (χ3v) is 3.58. The van der Waals surface area contributed by atoms with E-state index in [-0.39, 0.29) is 6.10 Å². The Hall–Kier alpha value is -1.28. The second-order valence-electron chi connectivity index (χ2n) is 5.26. The maximum absolute atomic E-state index is 5.96. The summed E-state index contributed by atoms with van der Waals surface area (Å²) in [4.78, 5) is 0. The molecule has 0 fully saturated rings. The predicted octanol–water partition coefficient (Wildman–Crippen LogP) is 4.23. The van der Waals surface area contributed by atoms with E-state index in [0.717, 1.165) is 18.7 Å². The highest BCUT2D eigenvalue weighted by atomic mass is 16.5. The lowest BCUT2D eigenvalue weighted by atomic mass is 10.1. The number of hydrogen-bond donors (Lipinski definition) is 1. The maximum Gasteiger partial charge on any atom is 0.120 e. The van der Waals surface area contributed by atoms with Gasteiger partial charge in [-0.15, -0.1) is 0 Å². The lowest BCUT2D eigenvalue weighted by Crippen LogP contribution is -2.19. The van der Waals surface area contributed by atoms with Crippen molar-refractivity contribution in [3.05, 3.63) is 42.0 Å². The number of allylic oxidation sites excluding steroid dienone is 1. The van der Waals surface area contributed by atoms with Gasteiger partial charge in [0.25, 0.3) is 0 Å². The van der Waals surface area contributed by atoms with Crippen molar-refractivity contribution in [1.29, 1.82) is 0 Å². The Kier molecular flexibility index (Phi) is 5.46. The van der Waals surface area contributed by atoms with E-state index in [1.807, 2.05) is 0 Å². The molecule has 0 amide bonds. The fourth-order valence-electron chi connectivity index (χ4n) is 2.37. The molecule has 0 aliphatic heterocycles. The van der Waals surface area contributed by atoms with E-state index in [2.05, 4.69) is 55.6 Å². The van der Waals surface area contributed by atoms with Gasteiger partial charge in [0.05, 0.1) is 0 Å². The molecule has 2 unspecified atom stereocenters. The molecule has 2 rings (SSSR count). The smallest absolute Gasteiger partial charge is 0.120 e. The summed E-state index contributed by atoms with van der Waals surface area (Å²) in [6.07, 6.45) is 9.39. The summed E-state index contributed by atoms with van der Waals surface area (Å²) in [5.74, 6) is 0.975. The first-order valence-electron chi connectivity index (χ1n) is 7.46. The zero-order valence-electron chi connectivity index (χ0n) is 12.1. The topological polar surface area (TPSA) is 21.3 Å². The van der Waals surface area contributed by atoms with Crippen molar-refractivity contribution in [3.8, 4) is 5.75 Å². The first-order chi connectivity index (χ1) is 9.29. The van der Waals surface area contributed by atoms with Gasteiger partial charge >= 0.3 is 0 Å². The minimum atomic E-state index is 0.259. The summed E-state index contributed by atoms with van der Waals surface area (Å²) < 4.78 is 5.96. The van der Waals surface area contributed by atoms with Gasteiger partial charge in [0.1, 0.15) is 11.9 Å². The molecule has 0 spiro atoms. The van der Waals surface area contributed by atoms with E-state index in [1.165, 1.54) is 24.8 Å². The summed E-state index contributed by atoms with van der Waals surface area (Å²) in [5.41, 5.74) is 1.32. The first kappa shape index (κ1) is 14.1. The van der Waals surface area contributed by atoms with Crippen LogP contribution in [0.3, 0.4) is 0 Å². The van der Waals surface area contributed by atoms with E-state index < -0.39 is 0 Å². The van der Waals surface area contributed by atoms with Crippen LogP contribution >= 0.6 is 0 Å². The average Bonchev–Trinajstić information content (AvgIpc) is 2.46. The van der Waals surface area contributed by atoms with Gasteiger partial charge in [0.15, 0.2) is 0 Å². The van der Waals surface area contributed by atoms with Crippen molar-refractivity contribution >= 4 is 0 Å². The van der Waals surface area contributed by atoms with Crippen LogP contribution in [-0.4, -0.2) is 12.6 Å². The molecule has 0 saturated heterocycles. The molecule has 0 heterocycles. The lowest BCUT2D eigenvalue weighted by Gasteiger charge is -2.19. The SMILES string of the molecule is CCCNC(C)c1ccc(OC2C=CCCC2)cc1. The van der Waals surface area contributed by atoms with Crippen molar-refractivity contribution in [2.24, 2.45) is 0 Å². The fraction of sp³-hybridized carbons (Fsp3) is 0.529. The highest BCUT2D eigenvalue weighted by Crippen LogP contribution is 2.21. The molecule has 1 aromatic rings. The van der Waals surface area contributed by atoms with E-state index in [0.29, 0.717) is 6.04 Å². The zero-order chi connectivity index (χ0) is 13.5. The Balaban J connectivity index is 1.90. The molecule has 2 nitrogen and oxygen atoms in total. The Morgan fingerprint density at radius 2 is 2.11 bits per heavy atom. The van der Waals surface area contributed by atoms with Crippen LogP contribution in [0.2, 0.25) is 0 Å². The van der Waals surface area contributed by atoms with Crippen molar-refractivity contribution < 1.29 is 4.74 Å². The van der Waals surface area contributed by atoms with E-state index in [4.69, 9.17) is 4.74 Å². The van der Waals surface area contributed by atoms with Gasteiger partial charge < -0.3 is 10.1 Å². The minimum absolute atomic E-state index is 0.259. The van der Waals surface area contributed by atoms with Gasteiger partial charge in [-0.25, -0.2) is 0 Å². The number of benzene rings is 1. The Bertz CT molecular complexity index is 396. The van der Waals surface area contributed by atoms with E-state index >= 15 is 0 Å². The summed E-state index contributed by atoms with van der Waals surface area (Å²) in [7, 11) is 0. The molecule has 2 heteroatoms. The fourth-order valence-corrected chi connectivity index (χ4v) is 2.37. The van der Waals surface area contributed by atoms with Crippen LogP contribution in [0.25, 0.3) is 0 Å². The lowest BCUT2D eigenvalue weighted by molar-refractivity contribution is 0.230. The number of ether oxygens (including phenoxy) is 1. The molecule has 0 aromatic heterocycles. The summed E-state index contributed by atoms with van der Waals surface area (Å²) in [6, 6.07) is 8.90.